The Morgan fingerprint density at radius 1 is 1.29 bits per heavy atom. The van der Waals surface area contributed by atoms with Crippen molar-refractivity contribution < 1.29 is 38.6 Å². The number of rotatable bonds is 8. The second-order valence-corrected chi connectivity index (χ2v) is 7.36. The Bertz CT molecular complexity index is 1040. The number of benzene rings is 1. The largest absolute Gasteiger partial charge is 0.514 e. The molecule has 1 fully saturated rings. The van der Waals surface area contributed by atoms with Gasteiger partial charge in [0.15, 0.2) is 5.75 Å². The number of carbonyl (C=O) groups is 3. The minimum absolute atomic E-state index is 0.0299. The van der Waals surface area contributed by atoms with Crippen LogP contribution in [0.3, 0.4) is 0 Å². The molecule has 1 aromatic carbocycles. The molecule has 0 saturated heterocycles. The number of aromatic hydroxyl groups is 1. The number of esters is 1. The summed E-state index contributed by atoms with van der Waals surface area (Å²) in [6.07, 6.45) is 0.465. The van der Waals surface area contributed by atoms with E-state index in [9.17, 15) is 34.9 Å². The van der Waals surface area contributed by atoms with Gasteiger partial charge in [-0.1, -0.05) is 0 Å². The lowest BCUT2D eigenvalue weighted by Gasteiger charge is -2.18. The lowest BCUT2D eigenvalue weighted by molar-refractivity contribution is -0.385. The normalized spacial score (nSPS) is 17.4. The Hall–Kier alpha value is -4.14. The second kappa shape index (κ2) is 11.6. The van der Waals surface area contributed by atoms with Crippen molar-refractivity contribution >= 4 is 29.8 Å². The highest BCUT2D eigenvalue weighted by Gasteiger charge is 2.37. The van der Waals surface area contributed by atoms with Crippen LogP contribution in [0.2, 0.25) is 0 Å². The number of methoxy groups -OCH3 is 1. The SMILES string of the molecule is CCN(CC)C(=O)C(C#N)=Cc1cc(OC(=O)OC2CCCC2C(=O)OC)c(O)c([N+](=O)[O-])c1. The maximum Gasteiger partial charge on any atom is 0.514 e. The molecule has 1 aromatic rings. The number of nitriles is 1. The molecule has 1 N–H and O–H groups in total. The summed E-state index contributed by atoms with van der Waals surface area (Å²) in [5.74, 6) is -3.34. The van der Waals surface area contributed by atoms with E-state index in [0.29, 0.717) is 32.4 Å². The van der Waals surface area contributed by atoms with Gasteiger partial charge in [0.05, 0.1) is 18.0 Å². The van der Waals surface area contributed by atoms with Crippen LogP contribution in [0.1, 0.15) is 38.7 Å². The van der Waals surface area contributed by atoms with Gasteiger partial charge in [0.25, 0.3) is 5.91 Å². The Morgan fingerprint density at radius 2 is 1.97 bits per heavy atom. The quantitative estimate of drug-likeness (QED) is 0.147. The van der Waals surface area contributed by atoms with Gasteiger partial charge in [-0.05, 0) is 50.8 Å². The Balaban J connectivity index is 2.35. The summed E-state index contributed by atoms with van der Waals surface area (Å²) in [6, 6.07) is 3.75. The van der Waals surface area contributed by atoms with Crippen molar-refractivity contribution in [2.75, 3.05) is 20.2 Å². The first-order valence-electron chi connectivity index (χ1n) is 10.5. The zero-order valence-corrected chi connectivity index (χ0v) is 19.0. The molecular formula is C22H25N3O9. The van der Waals surface area contributed by atoms with Crippen LogP contribution in [-0.4, -0.2) is 59.3 Å². The average molecular weight is 475 g/mol. The Labute approximate surface area is 195 Å². The second-order valence-electron chi connectivity index (χ2n) is 7.36. The third-order valence-corrected chi connectivity index (χ3v) is 5.38. The van der Waals surface area contributed by atoms with Crippen molar-refractivity contribution in [2.45, 2.75) is 39.2 Å². The van der Waals surface area contributed by atoms with Crippen molar-refractivity contribution in [1.82, 2.24) is 4.90 Å². The summed E-state index contributed by atoms with van der Waals surface area (Å²) in [5.41, 5.74) is -1.14. The van der Waals surface area contributed by atoms with E-state index in [1.807, 2.05) is 0 Å². The zero-order chi connectivity index (χ0) is 25.4. The number of ether oxygens (including phenoxy) is 3. The molecule has 2 rings (SSSR count). The van der Waals surface area contributed by atoms with Gasteiger partial charge in [0.1, 0.15) is 17.7 Å². The van der Waals surface area contributed by atoms with Gasteiger partial charge in [0, 0.05) is 19.2 Å². The van der Waals surface area contributed by atoms with Gasteiger partial charge in [-0.3, -0.25) is 19.7 Å². The van der Waals surface area contributed by atoms with Crippen molar-refractivity contribution in [2.24, 2.45) is 5.92 Å². The van der Waals surface area contributed by atoms with Gasteiger partial charge in [-0.25, -0.2) is 4.79 Å². The summed E-state index contributed by atoms with van der Waals surface area (Å²) in [4.78, 5) is 48.5. The van der Waals surface area contributed by atoms with Crippen LogP contribution >= 0.6 is 0 Å². The number of likely N-dealkylation sites (N-methyl/N-ethyl adjacent to an activating group) is 1. The maximum absolute atomic E-state index is 12.5. The summed E-state index contributed by atoms with van der Waals surface area (Å²) in [6.45, 7) is 4.15. The molecule has 0 aromatic heterocycles. The van der Waals surface area contributed by atoms with E-state index >= 15 is 0 Å². The van der Waals surface area contributed by atoms with Gasteiger partial charge in [0.2, 0.25) is 5.75 Å². The van der Waals surface area contributed by atoms with Crippen LogP contribution in [0.15, 0.2) is 17.7 Å². The number of phenols is 1. The fourth-order valence-electron chi connectivity index (χ4n) is 3.63. The zero-order valence-electron chi connectivity index (χ0n) is 19.0. The summed E-state index contributed by atoms with van der Waals surface area (Å²) < 4.78 is 14.9. The number of nitrogens with zero attached hydrogens (tertiary/aromatic N) is 3. The predicted octanol–water partition coefficient (Wildman–Crippen LogP) is 2.93. The lowest BCUT2D eigenvalue weighted by atomic mass is 10.1. The van der Waals surface area contributed by atoms with Crippen molar-refractivity contribution in [3.63, 3.8) is 0 Å². The smallest absolute Gasteiger partial charge is 0.499 e. The molecule has 1 amide bonds. The van der Waals surface area contributed by atoms with Crippen LogP contribution in [0.4, 0.5) is 10.5 Å². The topological polar surface area (TPSA) is 169 Å². The number of hydrogen-bond donors (Lipinski definition) is 1. The number of nitro benzene ring substituents is 1. The van der Waals surface area contributed by atoms with Gasteiger partial charge in [-0.15, -0.1) is 0 Å². The van der Waals surface area contributed by atoms with E-state index in [1.165, 1.54) is 12.0 Å². The Kier molecular flexibility index (Phi) is 8.94. The molecule has 12 heteroatoms. The molecule has 0 bridgehead atoms. The van der Waals surface area contributed by atoms with E-state index in [-0.39, 0.29) is 11.1 Å². The molecule has 1 aliphatic carbocycles. The van der Waals surface area contributed by atoms with Crippen molar-refractivity contribution in [1.29, 1.82) is 5.26 Å². The van der Waals surface area contributed by atoms with Crippen LogP contribution in [-0.2, 0) is 19.1 Å². The predicted molar refractivity (Wildman–Crippen MR) is 117 cm³/mol. The maximum atomic E-state index is 12.5. The standard InChI is InChI=1S/C22H25N3O9/c1-4-24(5-2)20(27)14(12-23)9-13-10-16(25(30)31)19(26)18(11-13)34-22(29)33-17-8-6-7-15(17)21(28)32-3/h9-11,15,17,26H,4-8H2,1-3H3. The molecule has 0 spiro atoms. The summed E-state index contributed by atoms with van der Waals surface area (Å²) in [7, 11) is 1.21. The van der Waals surface area contributed by atoms with Crippen LogP contribution < -0.4 is 4.74 Å². The van der Waals surface area contributed by atoms with Crippen LogP contribution in [0.5, 0.6) is 11.5 Å². The van der Waals surface area contributed by atoms with E-state index < -0.39 is 52.2 Å². The van der Waals surface area contributed by atoms with E-state index in [2.05, 4.69) is 0 Å². The summed E-state index contributed by atoms with van der Waals surface area (Å²) >= 11 is 0. The van der Waals surface area contributed by atoms with E-state index in [4.69, 9.17) is 14.2 Å². The number of phenolic OH excluding ortho intramolecular Hbond substituents is 1. The molecule has 0 radical (unpaired) electrons. The van der Waals surface area contributed by atoms with Gasteiger partial charge in [-0.2, -0.15) is 5.26 Å². The molecule has 12 nitrogen and oxygen atoms in total. The van der Waals surface area contributed by atoms with Crippen LogP contribution in [0.25, 0.3) is 6.08 Å². The average Bonchev–Trinajstić information content (AvgIpc) is 3.27. The summed E-state index contributed by atoms with van der Waals surface area (Å²) in [5, 5.41) is 31.0. The highest BCUT2D eigenvalue weighted by Crippen LogP contribution is 2.38. The van der Waals surface area contributed by atoms with Crippen LogP contribution in [0, 0.1) is 27.4 Å². The highest BCUT2D eigenvalue weighted by molar-refractivity contribution is 6.01. The number of hydrogen-bond acceptors (Lipinski definition) is 10. The lowest BCUT2D eigenvalue weighted by Crippen LogP contribution is -2.31. The first-order valence-corrected chi connectivity index (χ1v) is 10.5. The van der Waals surface area contributed by atoms with E-state index in [1.54, 1.807) is 19.9 Å². The molecule has 2 atom stereocenters. The number of nitro groups is 1. The first-order chi connectivity index (χ1) is 16.2. The number of carbonyl (C=O) groups excluding carboxylic acids is 3. The fourth-order valence-corrected chi connectivity index (χ4v) is 3.63. The molecule has 2 unspecified atom stereocenters. The molecule has 182 valence electrons. The molecular weight excluding hydrogens is 450 g/mol. The minimum atomic E-state index is -1.29. The van der Waals surface area contributed by atoms with Crippen molar-refractivity contribution in [3.8, 4) is 17.6 Å². The van der Waals surface area contributed by atoms with E-state index in [0.717, 1.165) is 18.2 Å². The first kappa shape index (κ1) is 26.1. The molecule has 0 heterocycles. The van der Waals surface area contributed by atoms with Gasteiger partial charge < -0.3 is 24.2 Å². The molecule has 1 aliphatic rings. The Morgan fingerprint density at radius 3 is 2.53 bits per heavy atom. The van der Waals surface area contributed by atoms with Crippen molar-refractivity contribution in [3.05, 3.63) is 33.4 Å². The van der Waals surface area contributed by atoms with Gasteiger partial charge >= 0.3 is 17.8 Å². The highest BCUT2D eigenvalue weighted by atomic mass is 16.7. The third-order valence-electron chi connectivity index (χ3n) is 5.38. The molecule has 34 heavy (non-hydrogen) atoms. The number of amides is 1. The third kappa shape index (κ3) is 6.00. The molecule has 1 saturated carbocycles. The monoisotopic (exact) mass is 475 g/mol. The fraction of sp³-hybridized carbons (Fsp3) is 0.455. The molecule has 0 aliphatic heterocycles. The minimum Gasteiger partial charge on any atom is -0.499 e.